The molecule has 0 bridgehead atoms. The van der Waals surface area contributed by atoms with Gasteiger partial charge in [-0.1, -0.05) is 0 Å². The molecular weight excluding hydrogens is 168 g/mol. The minimum atomic E-state index is 0.0219. The highest BCUT2D eigenvalue weighted by atomic mass is 16.5. The van der Waals surface area contributed by atoms with Crippen LogP contribution in [0, 0.1) is 6.92 Å². The normalized spacial score (nSPS) is 23.4. The lowest BCUT2D eigenvalue weighted by atomic mass is 10.3. The number of aromatic nitrogens is 3. The summed E-state index contributed by atoms with van der Waals surface area (Å²) in [5.41, 5.74) is 0. The molecule has 1 aromatic heterocycles. The van der Waals surface area contributed by atoms with E-state index in [0.717, 1.165) is 31.3 Å². The van der Waals surface area contributed by atoms with Crippen molar-refractivity contribution in [3.05, 3.63) is 11.6 Å². The number of nitrogens with zero attached hydrogens (tertiary/aromatic N) is 3. The third-order valence-corrected chi connectivity index (χ3v) is 2.21. The molecule has 0 aromatic carbocycles. The Bertz CT molecular complexity index is 271. The number of hydrogen-bond donors (Lipinski definition) is 1. The van der Waals surface area contributed by atoms with Crippen molar-refractivity contribution >= 4 is 0 Å². The Balaban J connectivity index is 2.14. The molecule has 2 rings (SSSR count). The van der Waals surface area contributed by atoms with Crippen LogP contribution >= 0.6 is 0 Å². The smallest absolute Gasteiger partial charge is 0.180 e. The summed E-state index contributed by atoms with van der Waals surface area (Å²) in [6.45, 7) is 4.40. The summed E-state index contributed by atoms with van der Waals surface area (Å²) >= 11 is 0. The fraction of sp³-hybridized carbons (Fsp3) is 0.750. The van der Waals surface area contributed by atoms with Gasteiger partial charge in [0.15, 0.2) is 5.82 Å². The van der Waals surface area contributed by atoms with Crippen LogP contribution in [0.2, 0.25) is 0 Å². The minimum Gasteiger partial charge on any atom is -0.367 e. The number of hydrogen-bond acceptors (Lipinski definition) is 4. The molecule has 1 atom stereocenters. The number of aryl methyl sites for hydroxylation is 2. The van der Waals surface area contributed by atoms with Crippen molar-refractivity contribution in [2.24, 2.45) is 7.05 Å². The second-order valence-electron chi connectivity index (χ2n) is 3.20. The molecule has 5 nitrogen and oxygen atoms in total. The Morgan fingerprint density at radius 3 is 3.00 bits per heavy atom. The summed E-state index contributed by atoms with van der Waals surface area (Å²) in [7, 11) is 1.89. The van der Waals surface area contributed by atoms with Gasteiger partial charge in [0.05, 0.1) is 6.61 Å². The Morgan fingerprint density at radius 2 is 2.46 bits per heavy atom. The van der Waals surface area contributed by atoms with Crippen LogP contribution in [0.15, 0.2) is 0 Å². The van der Waals surface area contributed by atoms with E-state index < -0.39 is 0 Å². The van der Waals surface area contributed by atoms with Crippen LogP contribution < -0.4 is 5.32 Å². The van der Waals surface area contributed by atoms with E-state index in [2.05, 4.69) is 15.4 Å². The monoisotopic (exact) mass is 182 g/mol. The number of rotatable bonds is 1. The molecule has 1 unspecified atom stereocenters. The predicted octanol–water partition coefficient (Wildman–Crippen LogP) is -0.216. The zero-order valence-electron chi connectivity index (χ0n) is 7.95. The largest absolute Gasteiger partial charge is 0.367 e. The van der Waals surface area contributed by atoms with Gasteiger partial charge in [-0.05, 0) is 6.92 Å². The quantitative estimate of drug-likeness (QED) is 0.652. The molecule has 0 radical (unpaired) electrons. The Kier molecular flexibility index (Phi) is 2.28. The van der Waals surface area contributed by atoms with Crippen LogP contribution in [0.5, 0.6) is 0 Å². The number of ether oxygens (including phenoxy) is 1. The summed E-state index contributed by atoms with van der Waals surface area (Å²) < 4.78 is 7.30. The standard InChI is InChI=1S/C8H14N4O/c1-6-10-8(11-12(6)2)7-5-9-3-4-13-7/h7,9H,3-5H2,1-2H3. The second-order valence-corrected chi connectivity index (χ2v) is 3.20. The average molecular weight is 182 g/mol. The molecular formula is C8H14N4O. The number of morpholine rings is 1. The number of nitrogens with one attached hydrogen (secondary N) is 1. The average Bonchev–Trinajstić information content (AvgIpc) is 2.49. The van der Waals surface area contributed by atoms with Gasteiger partial charge in [0, 0.05) is 20.1 Å². The van der Waals surface area contributed by atoms with Crippen molar-refractivity contribution in [3.8, 4) is 0 Å². The maximum absolute atomic E-state index is 5.53. The lowest BCUT2D eigenvalue weighted by molar-refractivity contribution is 0.0221. The molecule has 0 aliphatic carbocycles. The van der Waals surface area contributed by atoms with Gasteiger partial charge in [0.2, 0.25) is 0 Å². The molecule has 1 aliphatic heterocycles. The van der Waals surface area contributed by atoms with Gasteiger partial charge in [-0.25, -0.2) is 4.98 Å². The van der Waals surface area contributed by atoms with Gasteiger partial charge in [0.1, 0.15) is 11.9 Å². The van der Waals surface area contributed by atoms with Gasteiger partial charge in [-0.15, -0.1) is 0 Å². The van der Waals surface area contributed by atoms with Crippen LogP contribution in [-0.4, -0.2) is 34.5 Å². The molecule has 1 aromatic rings. The highest BCUT2D eigenvalue weighted by Crippen LogP contribution is 2.14. The van der Waals surface area contributed by atoms with Gasteiger partial charge in [-0.2, -0.15) is 5.10 Å². The van der Waals surface area contributed by atoms with E-state index in [9.17, 15) is 0 Å². The molecule has 1 fully saturated rings. The van der Waals surface area contributed by atoms with Crippen molar-refractivity contribution in [1.29, 1.82) is 0 Å². The fourth-order valence-corrected chi connectivity index (χ4v) is 1.35. The Labute approximate surface area is 77.1 Å². The molecule has 0 spiro atoms. The predicted molar refractivity (Wildman–Crippen MR) is 47.3 cm³/mol. The molecule has 0 saturated carbocycles. The van der Waals surface area contributed by atoms with Gasteiger partial charge in [-0.3, -0.25) is 4.68 Å². The molecule has 13 heavy (non-hydrogen) atoms. The van der Waals surface area contributed by atoms with E-state index in [1.54, 1.807) is 4.68 Å². The summed E-state index contributed by atoms with van der Waals surface area (Å²) in [6.07, 6.45) is 0.0219. The lowest BCUT2D eigenvalue weighted by Crippen LogP contribution is -2.33. The van der Waals surface area contributed by atoms with Crippen LogP contribution in [0.4, 0.5) is 0 Å². The van der Waals surface area contributed by atoms with Crippen molar-refractivity contribution in [2.45, 2.75) is 13.0 Å². The third kappa shape index (κ3) is 1.71. The zero-order valence-corrected chi connectivity index (χ0v) is 7.95. The highest BCUT2D eigenvalue weighted by Gasteiger charge is 2.20. The van der Waals surface area contributed by atoms with Gasteiger partial charge >= 0.3 is 0 Å². The van der Waals surface area contributed by atoms with Crippen LogP contribution in [-0.2, 0) is 11.8 Å². The molecule has 1 aliphatic rings. The third-order valence-electron chi connectivity index (χ3n) is 2.21. The van der Waals surface area contributed by atoms with Gasteiger partial charge in [0.25, 0.3) is 0 Å². The van der Waals surface area contributed by atoms with Crippen molar-refractivity contribution in [2.75, 3.05) is 19.7 Å². The zero-order chi connectivity index (χ0) is 9.26. The molecule has 5 heteroatoms. The highest BCUT2D eigenvalue weighted by molar-refractivity contribution is 4.96. The first kappa shape index (κ1) is 8.65. The maximum atomic E-state index is 5.53. The Morgan fingerprint density at radius 1 is 1.62 bits per heavy atom. The van der Waals surface area contributed by atoms with Crippen molar-refractivity contribution in [3.63, 3.8) is 0 Å². The minimum absolute atomic E-state index is 0.0219. The van der Waals surface area contributed by atoms with Crippen LogP contribution in [0.1, 0.15) is 17.8 Å². The second kappa shape index (κ2) is 3.43. The summed E-state index contributed by atoms with van der Waals surface area (Å²) in [5, 5.41) is 7.52. The lowest BCUT2D eigenvalue weighted by Gasteiger charge is -2.20. The molecule has 1 N–H and O–H groups in total. The van der Waals surface area contributed by atoms with Crippen molar-refractivity contribution < 1.29 is 4.74 Å². The first-order valence-electron chi connectivity index (χ1n) is 4.47. The molecule has 72 valence electrons. The maximum Gasteiger partial charge on any atom is 0.180 e. The van der Waals surface area contributed by atoms with E-state index in [1.807, 2.05) is 14.0 Å². The first-order chi connectivity index (χ1) is 6.27. The summed E-state index contributed by atoms with van der Waals surface area (Å²) in [5.74, 6) is 1.70. The van der Waals surface area contributed by atoms with E-state index in [4.69, 9.17) is 4.74 Å². The van der Waals surface area contributed by atoms with E-state index in [0.29, 0.717) is 0 Å². The molecule has 2 heterocycles. The van der Waals surface area contributed by atoms with Crippen LogP contribution in [0.3, 0.4) is 0 Å². The summed E-state index contributed by atoms with van der Waals surface area (Å²) in [6, 6.07) is 0. The van der Waals surface area contributed by atoms with Crippen LogP contribution in [0.25, 0.3) is 0 Å². The van der Waals surface area contributed by atoms with Crippen molar-refractivity contribution in [1.82, 2.24) is 20.1 Å². The van der Waals surface area contributed by atoms with E-state index in [-0.39, 0.29) is 6.10 Å². The summed E-state index contributed by atoms with van der Waals surface area (Å²) in [4.78, 5) is 4.32. The molecule has 1 saturated heterocycles. The SMILES string of the molecule is Cc1nc(C2CNCCO2)nn1C. The molecule has 0 amide bonds. The van der Waals surface area contributed by atoms with E-state index >= 15 is 0 Å². The van der Waals surface area contributed by atoms with Gasteiger partial charge < -0.3 is 10.1 Å². The first-order valence-corrected chi connectivity index (χ1v) is 4.47. The van der Waals surface area contributed by atoms with E-state index in [1.165, 1.54) is 0 Å². The topological polar surface area (TPSA) is 52.0 Å². The fourth-order valence-electron chi connectivity index (χ4n) is 1.35. The Hall–Kier alpha value is -0.940.